The minimum atomic E-state index is -0.417. The molecule has 0 amide bonds. The predicted molar refractivity (Wildman–Crippen MR) is 94.7 cm³/mol. The van der Waals surface area contributed by atoms with Crippen molar-refractivity contribution >= 4 is 5.97 Å². The van der Waals surface area contributed by atoms with Gasteiger partial charge in [0.1, 0.15) is 6.10 Å². The van der Waals surface area contributed by atoms with E-state index in [-0.39, 0.29) is 29.0 Å². The lowest BCUT2D eigenvalue weighted by Gasteiger charge is -2.59. The van der Waals surface area contributed by atoms with Gasteiger partial charge in [0.15, 0.2) is 0 Å². The average molecular weight is 348 g/mol. The fourth-order valence-electron chi connectivity index (χ4n) is 7.01. The first-order valence-electron chi connectivity index (χ1n) is 10.0. The summed E-state index contributed by atoms with van der Waals surface area (Å²) in [6.07, 6.45) is 7.97. The Balaban J connectivity index is 1.73. The highest BCUT2D eigenvalue weighted by molar-refractivity contribution is 5.66. The molecule has 0 aromatic rings. The molecule has 4 aliphatic rings. The highest BCUT2D eigenvalue weighted by Gasteiger charge is 2.60. The first kappa shape index (κ1) is 17.5. The third-order valence-corrected chi connectivity index (χ3v) is 8.34. The van der Waals surface area contributed by atoms with Crippen LogP contribution in [0.2, 0.25) is 0 Å². The van der Waals surface area contributed by atoms with Gasteiger partial charge in [-0.25, -0.2) is 0 Å². The van der Waals surface area contributed by atoms with Crippen molar-refractivity contribution in [1.29, 1.82) is 0 Å². The zero-order valence-corrected chi connectivity index (χ0v) is 15.7. The summed E-state index contributed by atoms with van der Waals surface area (Å²) in [6.45, 7) is 6.07. The number of rotatable bonds is 1. The molecule has 0 radical (unpaired) electrons. The van der Waals surface area contributed by atoms with Gasteiger partial charge in [-0.2, -0.15) is 0 Å². The second kappa shape index (κ2) is 5.82. The average Bonchev–Trinajstić information content (AvgIpc) is 2.84. The van der Waals surface area contributed by atoms with Crippen molar-refractivity contribution in [3.8, 4) is 0 Å². The zero-order valence-electron chi connectivity index (χ0n) is 15.7. The van der Waals surface area contributed by atoms with E-state index in [1.165, 1.54) is 6.92 Å². The lowest BCUT2D eigenvalue weighted by molar-refractivity contribution is -0.153. The molecule has 4 nitrogen and oxygen atoms in total. The molecule has 1 unspecified atom stereocenters. The number of hydrogen-bond acceptors (Lipinski definition) is 4. The molecule has 0 saturated heterocycles. The highest BCUT2D eigenvalue weighted by atomic mass is 16.5. The van der Waals surface area contributed by atoms with Crippen LogP contribution < -0.4 is 0 Å². The molecule has 0 aromatic carbocycles. The first-order valence-corrected chi connectivity index (χ1v) is 10.0. The quantitative estimate of drug-likeness (QED) is 0.564. The van der Waals surface area contributed by atoms with Gasteiger partial charge in [-0.1, -0.05) is 19.9 Å². The molecule has 0 bridgehead atoms. The van der Waals surface area contributed by atoms with Gasteiger partial charge in [-0.05, 0) is 79.1 Å². The molecule has 2 N–H and O–H groups in total. The smallest absolute Gasteiger partial charge is 0.303 e. The summed E-state index contributed by atoms with van der Waals surface area (Å²) in [5, 5.41) is 20.8. The summed E-state index contributed by atoms with van der Waals surface area (Å²) in [6, 6.07) is 0. The van der Waals surface area contributed by atoms with Gasteiger partial charge in [-0.15, -0.1) is 0 Å². The molecule has 4 heteroatoms. The van der Waals surface area contributed by atoms with Gasteiger partial charge in [-0.3, -0.25) is 4.79 Å². The van der Waals surface area contributed by atoms with Crippen molar-refractivity contribution in [2.45, 2.75) is 84.0 Å². The Morgan fingerprint density at radius 1 is 1.12 bits per heavy atom. The van der Waals surface area contributed by atoms with Crippen LogP contribution in [0.3, 0.4) is 0 Å². The van der Waals surface area contributed by atoms with Crippen LogP contribution in [0.25, 0.3) is 0 Å². The molecule has 0 aliphatic heterocycles. The van der Waals surface area contributed by atoms with Crippen molar-refractivity contribution in [2.24, 2.45) is 28.6 Å². The van der Waals surface area contributed by atoms with E-state index in [0.29, 0.717) is 17.8 Å². The van der Waals surface area contributed by atoms with Crippen LogP contribution in [0, 0.1) is 28.6 Å². The highest BCUT2D eigenvalue weighted by Crippen LogP contribution is 2.65. The number of fused-ring (bicyclic) bond motifs is 5. The van der Waals surface area contributed by atoms with Gasteiger partial charge in [0.25, 0.3) is 0 Å². The summed E-state index contributed by atoms with van der Waals surface area (Å²) in [5.41, 5.74) is 1.19. The molecule has 140 valence electrons. The molecule has 25 heavy (non-hydrogen) atoms. The Bertz CT molecular complexity index is 599. The Labute approximate surface area is 150 Å². The summed E-state index contributed by atoms with van der Waals surface area (Å²) < 4.78 is 5.75. The molecule has 4 rings (SSSR count). The van der Waals surface area contributed by atoms with E-state index >= 15 is 0 Å². The van der Waals surface area contributed by atoms with Crippen molar-refractivity contribution in [3.05, 3.63) is 11.6 Å². The van der Waals surface area contributed by atoms with Crippen LogP contribution in [-0.2, 0) is 9.53 Å². The normalized spacial score (nSPS) is 51.8. The van der Waals surface area contributed by atoms with Crippen molar-refractivity contribution in [1.82, 2.24) is 0 Å². The van der Waals surface area contributed by atoms with Crippen LogP contribution in [0.4, 0.5) is 0 Å². The maximum absolute atomic E-state index is 11.7. The molecule has 8 atom stereocenters. The Morgan fingerprint density at radius 2 is 1.88 bits per heavy atom. The summed E-state index contributed by atoms with van der Waals surface area (Å²) >= 11 is 0. The van der Waals surface area contributed by atoms with Gasteiger partial charge < -0.3 is 14.9 Å². The van der Waals surface area contributed by atoms with Gasteiger partial charge in [0.2, 0.25) is 0 Å². The second-order valence-electron chi connectivity index (χ2n) is 9.49. The van der Waals surface area contributed by atoms with E-state index in [4.69, 9.17) is 4.74 Å². The topological polar surface area (TPSA) is 66.8 Å². The molecular weight excluding hydrogens is 316 g/mol. The third-order valence-electron chi connectivity index (χ3n) is 8.34. The number of esters is 1. The maximum Gasteiger partial charge on any atom is 0.303 e. The van der Waals surface area contributed by atoms with Crippen LogP contribution in [-0.4, -0.2) is 34.5 Å². The second-order valence-corrected chi connectivity index (χ2v) is 9.49. The zero-order chi connectivity index (χ0) is 18.0. The minimum absolute atomic E-state index is 0.0110. The van der Waals surface area contributed by atoms with E-state index < -0.39 is 6.10 Å². The fourth-order valence-corrected chi connectivity index (χ4v) is 7.01. The van der Waals surface area contributed by atoms with Crippen LogP contribution in [0.15, 0.2) is 11.6 Å². The fraction of sp³-hybridized carbons (Fsp3) is 0.857. The van der Waals surface area contributed by atoms with E-state index in [9.17, 15) is 15.0 Å². The summed E-state index contributed by atoms with van der Waals surface area (Å²) in [7, 11) is 0. The van der Waals surface area contributed by atoms with Gasteiger partial charge >= 0.3 is 5.97 Å². The number of aliphatic hydroxyl groups is 2. The first-order chi connectivity index (χ1) is 11.8. The molecule has 3 fully saturated rings. The Morgan fingerprint density at radius 3 is 2.60 bits per heavy atom. The van der Waals surface area contributed by atoms with Gasteiger partial charge in [0.05, 0.1) is 12.2 Å². The molecule has 0 heterocycles. The van der Waals surface area contributed by atoms with Crippen LogP contribution in [0.5, 0.6) is 0 Å². The number of ether oxygens (including phenoxy) is 1. The predicted octanol–water partition coefficient (Wildman–Crippen LogP) is 3.21. The van der Waals surface area contributed by atoms with Crippen molar-refractivity contribution < 1.29 is 19.7 Å². The van der Waals surface area contributed by atoms with E-state index in [1.807, 2.05) is 6.08 Å². The van der Waals surface area contributed by atoms with E-state index in [1.54, 1.807) is 0 Å². The number of carbonyl (C=O) groups excluding carboxylic acids is 1. The minimum Gasteiger partial charge on any atom is -0.458 e. The SMILES string of the molecule is CC(=O)OC1C[C@H]2[C@@H]3CC[C@H](O)[C@@]3(C)CC[C@@H]2[C@@]2(C)CC[C@H](O)C=C12. The molecular formula is C21H32O4. The molecule has 0 aromatic heterocycles. The molecule has 4 aliphatic carbocycles. The van der Waals surface area contributed by atoms with Crippen LogP contribution in [0.1, 0.15) is 65.7 Å². The summed E-state index contributed by atoms with van der Waals surface area (Å²) in [5.74, 6) is 1.35. The largest absolute Gasteiger partial charge is 0.458 e. The standard InChI is InChI=1S/C21H32O4/c1-12(22)25-18-11-14-15-4-5-19(24)21(15,3)9-7-16(14)20(2)8-6-13(23)10-17(18)20/h10,13-16,18-19,23-24H,4-9,11H2,1-3H3/t13-,14-,15-,16-,18?,19-,20+,21-/m0/s1. The number of aliphatic hydroxyl groups excluding tert-OH is 2. The number of hydrogen-bond donors (Lipinski definition) is 2. The van der Waals surface area contributed by atoms with E-state index in [0.717, 1.165) is 50.5 Å². The molecule has 3 saturated carbocycles. The summed E-state index contributed by atoms with van der Waals surface area (Å²) in [4.78, 5) is 11.7. The van der Waals surface area contributed by atoms with Crippen LogP contribution >= 0.6 is 0 Å². The van der Waals surface area contributed by atoms with Gasteiger partial charge in [0, 0.05) is 6.92 Å². The monoisotopic (exact) mass is 348 g/mol. The Kier molecular flexibility index (Phi) is 4.08. The lowest BCUT2D eigenvalue weighted by atomic mass is 9.47. The van der Waals surface area contributed by atoms with E-state index in [2.05, 4.69) is 13.8 Å². The lowest BCUT2D eigenvalue weighted by Crippen LogP contribution is -2.55. The Hall–Kier alpha value is -0.870. The molecule has 0 spiro atoms. The third kappa shape index (κ3) is 2.51. The maximum atomic E-state index is 11.7. The van der Waals surface area contributed by atoms with Crippen molar-refractivity contribution in [3.63, 3.8) is 0 Å². The number of carbonyl (C=O) groups is 1. The van der Waals surface area contributed by atoms with Crippen molar-refractivity contribution in [2.75, 3.05) is 0 Å².